The van der Waals surface area contributed by atoms with E-state index in [1.807, 2.05) is 30.3 Å². The lowest BCUT2D eigenvalue weighted by atomic mass is 10.1. The molecule has 3 rings (SSSR count). The number of carbonyl (C=O) groups excluding carboxylic acids is 1. The summed E-state index contributed by atoms with van der Waals surface area (Å²) < 4.78 is 23.5. The van der Waals surface area contributed by atoms with Gasteiger partial charge in [0.2, 0.25) is 0 Å². The average Bonchev–Trinajstić information content (AvgIpc) is 3.07. The number of fused-ring (bicyclic) bond motifs is 1. The van der Waals surface area contributed by atoms with Crippen LogP contribution in [0, 0.1) is 0 Å². The lowest BCUT2D eigenvalue weighted by Gasteiger charge is -2.20. The number of carbonyl (C=O) groups is 1. The Morgan fingerprint density at radius 3 is 2.64 bits per heavy atom. The highest BCUT2D eigenvalue weighted by Crippen LogP contribution is 2.50. The third-order valence-corrected chi connectivity index (χ3v) is 5.88. The van der Waals surface area contributed by atoms with E-state index in [4.69, 9.17) is 20.5 Å². The average molecular weight is 382 g/mol. The van der Waals surface area contributed by atoms with Gasteiger partial charge in [-0.15, -0.1) is 0 Å². The maximum absolute atomic E-state index is 12.6. The second kappa shape index (κ2) is 7.77. The Labute approximate surface area is 151 Å². The minimum atomic E-state index is -3.75. The van der Waals surface area contributed by atoms with Gasteiger partial charge in [0, 0.05) is 16.6 Å². The number of rotatable bonds is 6. The number of nitrogens with one attached hydrogen (secondary N) is 1. The van der Waals surface area contributed by atoms with Gasteiger partial charge in [-0.1, -0.05) is 36.4 Å². The number of ether oxygens (including phenoxy) is 1. The van der Waals surface area contributed by atoms with Crippen molar-refractivity contribution in [3.8, 4) is 5.75 Å². The molecule has 1 aliphatic carbocycles. The first-order valence-corrected chi connectivity index (χ1v) is 10.9. The van der Waals surface area contributed by atoms with Gasteiger partial charge >= 0.3 is 12.8 Å². The van der Waals surface area contributed by atoms with Gasteiger partial charge in [-0.3, -0.25) is 4.79 Å². The lowest BCUT2D eigenvalue weighted by Crippen LogP contribution is -2.35. The lowest BCUT2D eigenvalue weighted by molar-refractivity contribution is -0.150. The standard InChI is InChI=1S/C18H21ClNO4P/c1-13(18(21)23-15-9-3-4-10-15)20-25(19,22)24-17-12-6-8-14-7-2-5-11-16(14)17/h2,5-8,11-13,15H,3-4,9-10H2,1H3,(H,20,22). The molecule has 5 nitrogen and oxygen atoms in total. The first kappa shape index (κ1) is 18.2. The van der Waals surface area contributed by atoms with Gasteiger partial charge in [0.15, 0.2) is 0 Å². The van der Waals surface area contributed by atoms with E-state index in [-0.39, 0.29) is 6.10 Å². The minimum Gasteiger partial charge on any atom is -0.461 e. The Bertz CT molecular complexity index is 801. The monoisotopic (exact) mass is 381 g/mol. The van der Waals surface area contributed by atoms with Crippen LogP contribution in [0.5, 0.6) is 5.75 Å². The topological polar surface area (TPSA) is 64.6 Å². The van der Waals surface area contributed by atoms with E-state index in [0.29, 0.717) is 5.75 Å². The summed E-state index contributed by atoms with van der Waals surface area (Å²) in [5.41, 5.74) is 0. The van der Waals surface area contributed by atoms with E-state index >= 15 is 0 Å². The van der Waals surface area contributed by atoms with E-state index in [9.17, 15) is 9.36 Å². The Balaban J connectivity index is 1.66. The number of halogens is 1. The van der Waals surface area contributed by atoms with Gasteiger partial charge in [0.1, 0.15) is 17.9 Å². The molecule has 2 aromatic carbocycles. The fourth-order valence-corrected chi connectivity index (χ4v) is 4.68. The van der Waals surface area contributed by atoms with E-state index in [0.717, 1.165) is 36.5 Å². The van der Waals surface area contributed by atoms with Crippen LogP contribution >= 0.6 is 18.1 Å². The van der Waals surface area contributed by atoms with Crippen molar-refractivity contribution >= 4 is 34.9 Å². The smallest absolute Gasteiger partial charge is 0.409 e. The summed E-state index contributed by atoms with van der Waals surface area (Å²) in [7, 11) is 0. The van der Waals surface area contributed by atoms with Crippen molar-refractivity contribution in [1.29, 1.82) is 0 Å². The van der Waals surface area contributed by atoms with Gasteiger partial charge in [-0.25, -0.2) is 9.65 Å². The molecule has 0 spiro atoms. The molecule has 134 valence electrons. The molecule has 0 heterocycles. The van der Waals surface area contributed by atoms with Gasteiger partial charge in [-0.2, -0.15) is 0 Å². The van der Waals surface area contributed by atoms with Gasteiger partial charge in [0.25, 0.3) is 0 Å². The third-order valence-electron chi connectivity index (χ3n) is 4.25. The highest BCUT2D eigenvalue weighted by molar-refractivity contribution is 7.84. The number of esters is 1. The Kier molecular flexibility index (Phi) is 5.67. The van der Waals surface area contributed by atoms with Crippen molar-refractivity contribution < 1.29 is 18.6 Å². The van der Waals surface area contributed by atoms with Crippen LogP contribution in [0.2, 0.25) is 0 Å². The van der Waals surface area contributed by atoms with Crippen LogP contribution in [0.4, 0.5) is 0 Å². The van der Waals surface area contributed by atoms with E-state index in [2.05, 4.69) is 5.09 Å². The largest absolute Gasteiger partial charge is 0.461 e. The molecule has 1 saturated carbocycles. The predicted octanol–water partition coefficient (Wildman–Crippen LogP) is 5.03. The Hall–Kier alpha value is -1.55. The minimum absolute atomic E-state index is 0.0505. The molecule has 0 saturated heterocycles. The molecule has 1 fully saturated rings. The molecule has 25 heavy (non-hydrogen) atoms. The molecule has 0 bridgehead atoms. The summed E-state index contributed by atoms with van der Waals surface area (Å²) in [4.78, 5) is 12.1. The third kappa shape index (κ3) is 4.75. The number of benzene rings is 2. The SMILES string of the molecule is CC(NP(=O)(Cl)Oc1cccc2ccccc12)C(=O)OC1CCCC1. The van der Waals surface area contributed by atoms with Crippen LogP contribution in [-0.4, -0.2) is 18.1 Å². The number of hydrogen-bond acceptors (Lipinski definition) is 4. The second-order valence-corrected chi connectivity index (χ2v) is 8.98. The molecule has 0 amide bonds. The van der Waals surface area contributed by atoms with Gasteiger partial charge < -0.3 is 9.26 Å². The summed E-state index contributed by atoms with van der Waals surface area (Å²) in [5.74, 6) is -0.0606. The van der Waals surface area contributed by atoms with Crippen molar-refractivity contribution in [1.82, 2.24) is 5.09 Å². The first-order valence-electron chi connectivity index (χ1n) is 8.40. The quantitative estimate of drug-likeness (QED) is 0.561. The summed E-state index contributed by atoms with van der Waals surface area (Å²) in [5, 5.41) is 4.32. The molecule has 7 heteroatoms. The second-order valence-electron chi connectivity index (χ2n) is 6.24. The van der Waals surface area contributed by atoms with Crippen LogP contribution in [0.15, 0.2) is 42.5 Å². The molecular formula is C18H21ClNO4P. The zero-order valence-corrected chi connectivity index (χ0v) is 15.6. The zero-order chi connectivity index (χ0) is 17.9. The van der Waals surface area contributed by atoms with Crippen LogP contribution in [-0.2, 0) is 14.1 Å². The van der Waals surface area contributed by atoms with E-state index in [1.165, 1.54) is 0 Å². The normalized spacial score (nSPS) is 18.6. The summed E-state index contributed by atoms with van der Waals surface area (Å²) in [6, 6.07) is 12.2. The van der Waals surface area contributed by atoms with Crippen molar-refractivity contribution in [3.05, 3.63) is 42.5 Å². The molecular weight excluding hydrogens is 361 g/mol. The van der Waals surface area contributed by atoms with E-state index < -0.39 is 18.9 Å². The summed E-state index contributed by atoms with van der Waals surface area (Å²) in [6.07, 6.45) is 3.84. The molecule has 0 aromatic heterocycles. The van der Waals surface area contributed by atoms with Gasteiger partial charge in [-0.05, 0) is 44.1 Å². The fourth-order valence-electron chi connectivity index (χ4n) is 2.98. The maximum atomic E-state index is 12.6. The van der Waals surface area contributed by atoms with Crippen molar-refractivity contribution in [2.45, 2.75) is 44.8 Å². The van der Waals surface area contributed by atoms with Crippen LogP contribution in [0.3, 0.4) is 0 Å². The molecule has 2 aromatic rings. The van der Waals surface area contributed by atoms with Crippen LogP contribution in [0.25, 0.3) is 10.8 Å². The maximum Gasteiger partial charge on any atom is 0.409 e. The summed E-state index contributed by atoms with van der Waals surface area (Å²) >= 11 is 6.04. The molecule has 1 N–H and O–H groups in total. The Morgan fingerprint density at radius 2 is 1.88 bits per heavy atom. The van der Waals surface area contributed by atoms with Crippen LogP contribution in [0.1, 0.15) is 32.6 Å². The molecule has 2 unspecified atom stereocenters. The molecule has 0 radical (unpaired) electrons. The predicted molar refractivity (Wildman–Crippen MR) is 99.0 cm³/mol. The van der Waals surface area contributed by atoms with Crippen LogP contribution < -0.4 is 9.61 Å². The molecule has 1 aliphatic rings. The zero-order valence-electron chi connectivity index (χ0n) is 14.0. The van der Waals surface area contributed by atoms with Crippen molar-refractivity contribution in [2.75, 3.05) is 0 Å². The van der Waals surface area contributed by atoms with Gasteiger partial charge in [0.05, 0.1) is 0 Å². The Morgan fingerprint density at radius 1 is 1.20 bits per heavy atom. The first-order chi connectivity index (χ1) is 11.9. The molecule has 0 aliphatic heterocycles. The van der Waals surface area contributed by atoms with Crippen molar-refractivity contribution in [3.63, 3.8) is 0 Å². The van der Waals surface area contributed by atoms with E-state index in [1.54, 1.807) is 19.1 Å². The molecule has 2 atom stereocenters. The summed E-state index contributed by atoms with van der Waals surface area (Å²) in [6.45, 7) is -2.18. The fraction of sp³-hybridized carbons (Fsp3) is 0.389. The van der Waals surface area contributed by atoms with Crippen molar-refractivity contribution in [2.24, 2.45) is 0 Å². The number of hydrogen-bond donors (Lipinski definition) is 1. The highest BCUT2D eigenvalue weighted by Gasteiger charge is 2.30. The highest BCUT2D eigenvalue weighted by atomic mass is 35.7.